The molecule has 8 aromatic carbocycles. The molecule has 0 radical (unpaired) electrons. The van der Waals surface area contributed by atoms with E-state index in [-0.39, 0.29) is 17.7 Å². The highest BCUT2D eigenvalue weighted by Crippen LogP contribution is 2.52. The lowest BCUT2D eigenvalue weighted by Gasteiger charge is -2.42. The Morgan fingerprint density at radius 1 is 0.492 bits per heavy atom. The van der Waals surface area contributed by atoms with E-state index in [9.17, 15) is 0 Å². The van der Waals surface area contributed by atoms with E-state index in [2.05, 4.69) is 203 Å². The first-order valence-electron chi connectivity index (χ1n) is 21.5. The van der Waals surface area contributed by atoms with Gasteiger partial charge in [-0.3, -0.25) is 0 Å². The molecule has 5 heterocycles. The number of benzene rings is 8. The van der Waals surface area contributed by atoms with Crippen molar-refractivity contribution in [2.24, 2.45) is 0 Å². The molecule has 0 N–H and O–H groups in total. The molecule has 11 aromatic rings. The lowest BCUT2D eigenvalue weighted by molar-refractivity contribution is 0.590. The van der Waals surface area contributed by atoms with Crippen molar-refractivity contribution in [3.63, 3.8) is 0 Å². The van der Waals surface area contributed by atoms with Crippen LogP contribution in [-0.4, -0.2) is 11.4 Å². The molecule has 4 nitrogen and oxygen atoms in total. The zero-order chi connectivity index (χ0) is 41.1. The molecule has 0 atom stereocenters. The quantitative estimate of drug-likeness (QED) is 0.164. The van der Waals surface area contributed by atoms with E-state index in [1.807, 2.05) is 0 Å². The summed E-state index contributed by atoms with van der Waals surface area (Å²) in [6.45, 7) is 13.7. The van der Waals surface area contributed by atoms with Crippen LogP contribution in [0.25, 0.3) is 93.6 Å². The van der Waals surface area contributed by atoms with E-state index in [0.717, 1.165) is 49.9 Å². The van der Waals surface area contributed by atoms with Gasteiger partial charge in [0.2, 0.25) is 0 Å². The third kappa shape index (κ3) is 4.72. The van der Waals surface area contributed by atoms with Gasteiger partial charge in [-0.2, -0.15) is 0 Å². The molecule has 5 heteroatoms. The highest BCUT2D eigenvalue weighted by molar-refractivity contribution is 6.94. The van der Waals surface area contributed by atoms with E-state index in [1.54, 1.807) is 0 Å². The van der Waals surface area contributed by atoms with Crippen molar-refractivity contribution in [3.05, 3.63) is 163 Å². The van der Waals surface area contributed by atoms with Crippen molar-refractivity contribution in [2.75, 3.05) is 4.81 Å². The molecule has 0 fully saturated rings. The lowest BCUT2D eigenvalue weighted by atomic mass is 9.43. The van der Waals surface area contributed by atoms with Crippen molar-refractivity contribution in [1.29, 1.82) is 0 Å². The van der Waals surface area contributed by atoms with Crippen LogP contribution >= 0.6 is 0 Å². The van der Waals surface area contributed by atoms with Gasteiger partial charge in [0.1, 0.15) is 22.3 Å². The summed E-state index contributed by atoms with van der Waals surface area (Å²) in [4.78, 5) is 2.62. The van der Waals surface area contributed by atoms with Crippen LogP contribution in [0, 0.1) is 0 Å². The fourth-order valence-corrected chi connectivity index (χ4v) is 10.7. The molecule has 0 amide bonds. The first-order chi connectivity index (χ1) is 29.5. The second-order valence-electron chi connectivity index (χ2n) is 19.3. The van der Waals surface area contributed by atoms with Crippen LogP contribution in [0.5, 0.6) is 0 Å². The molecule has 0 spiro atoms. The third-order valence-corrected chi connectivity index (χ3v) is 13.6. The van der Waals surface area contributed by atoms with E-state index >= 15 is 0 Å². The summed E-state index contributed by atoms with van der Waals surface area (Å²) in [6, 6.07) is 56.0. The molecule has 0 aliphatic carbocycles. The number of aromatic nitrogens is 1. The molecule has 0 unspecified atom stereocenters. The van der Waals surface area contributed by atoms with Gasteiger partial charge >= 0.3 is 6.85 Å². The lowest BCUT2D eigenvalue weighted by Crippen LogP contribution is -2.60. The second-order valence-corrected chi connectivity index (χ2v) is 19.3. The zero-order valence-electron chi connectivity index (χ0n) is 35.2. The topological polar surface area (TPSA) is 34.5 Å². The number of nitrogens with zero attached hydrogens (tertiary/aromatic N) is 2. The third-order valence-electron chi connectivity index (χ3n) is 13.6. The molecule has 61 heavy (non-hydrogen) atoms. The summed E-state index contributed by atoms with van der Waals surface area (Å²) < 4.78 is 16.5. The van der Waals surface area contributed by atoms with Crippen molar-refractivity contribution in [3.8, 4) is 27.9 Å². The molecule has 292 valence electrons. The summed E-state index contributed by atoms with van der Waals surface area (Å²) in [5.74, 6) is 0. The van der Waals surface area contributed by atoms with Crippen molar-refractivity contribution in [2.45, 2.75) is 52.4 Å². The highest BCUT2D eigenvalue weighted by Gasteiger charge is 2.46. The van der Waals surface area contributed by atoms with Gasteiger partial charge in [0.05, 0.1) is 11.0 Å². The molecule has 0 bridgehead atoms. The Balaban J connectivity index is 1.27. The summed E-state index contributed by atoms with van der Waals surface area (Å²) in [5, 5.41) is 7.05. The molecule has 0 saturated carbocycles. The van der Waals surface area contributed by atoms with Gasteiger partial charge in [0, 0.05) is 66.6 Å². The second kappa shape index (κ2) is 11.9. The standard InChI is InChI=1S/C56H43BN2O2/c1-55(2,3)34-23-25-43-40(28-34)49-50-38-20-11-13-22-47(38)61-54(50)51-41-29-35(56(4,5)6)24-26-44(41)59(36-18-14-17-33(27-36)32-15-8-7-9-16-32)57-42-30-39-37-19-10-12-21-46(37)60-48(39)31-45(42)58(43)53(49)52(51)57/h7-31H,1-6H3. The Hall–Kier alpha value is -6.98. The van der Waals surface area contributed by atoms with Crippen LogP contribution in [0.2, 0.25) is 0 Å². The van der Waals surface area contributed by atoms with Crippen LogP contribution in [0.1, 0.15) is 52.7 Å². The fourth-order valence-electron chi connectivity index (χ4n) is 10.7. The Morgan fingerprint density at radius 2 is 1.18 bits per heavy atom. The number of para-hydroxylation sites is 2. The van der Waals surface area contributed by atoms with Crippen molar-refractivity contribution >= 4 is 94.8 Å². The number of furan rings is 2. The van der Waals surface area contributed by atoms with Gasteiger partial charge in [-0.05, 0) is 92.5 Å². The summed E-state index contributed by atoms with van der Waals surface area (Å²) in [7, 11) is 0. The van der Waals surface area contributed by atoms with Gasteiger partial charge in [0.25, 0.3) is 0 Å². The average molecular weight is 787 g/mol. The number of hydrogen-bond donors (Lipinski definition) is 0. The number of fused-ring (bicyclic) bond motifs is 16. The smallest absolute Gasteiger partial charge is 0.333 e. The summed E-state index contributed by atoms with van der Waals surface area (Å²) in [5.41, 5.74) is 19.3. The Kier molecular flexibility index (Phi) is 6.77. The number of rotatable bonds is 2. The van der Waals surface area contributed by atoms with Gasteiger partial charge in [-0.15, -0.1) is 0 Å². The molecule has 2 aliphatic rings. The van der Waals surface area contributed by atoms with Gasteiger partial charge in [0.15, 0.2) is 0 Å². The molecule has 2 aliphatic heterocycles. The van der Waals surface area contributed by atoms with Crippen LogP contribution in [0.4, 0.5) is 11.4 Å². The number of hydrogen-bond acceptors (Lipinski definition) is 3. The van der Waals surface area contributed by atoms with Crippen LogP contribution in [-0.2, 0) is 10.8 Å². The monoisotopic (exact) mass is 786 g/mol. The summed E-state index contributed by atoms with van der Waals surface area (Å²) in [6.07, 6.45) is 0. The predicted octanol–water partition coefficient (Wildman–Crippen LogP) is 14.1. The SMILES string of the molecule is CC(C)(C)c1ccc2c(c1)-c1c3c4c(c5cc(C(C)(C)C)ccc5n4-c4cc5oc6ccccc6c5cc4B3N2c2cccc(-c3ccccc3)c2)c2c1oc1ccccc12. The van der Waals surface area contributed by atoms with E-state index in [0.29, 0.717) is 0 Å². The first kappa shape index (κ1) is 34.8. The van der Waals surface area contributed by atoms with Gasteiger partial charge < -0.3 is 18.2 Å². The summed E-state index contributed by atoms with van der Waals surface area (Å²) >= 11 is 0. The molecule has 3 aromatic heterocycles. The predicted molar refractivity (Wildman–Crippen MR) is 257 cm³/mol. The minimum absolute atomic E-state index is 0.0433. The number of anilines is 2. The highest BCUT2D eigenvalue weighted by atomic mass is 16.3. The van der Waals surface area contributed by atoms with Crippen LogP contribution < -0.4 is 15.7 Å². The zero-order valence-corrected chi connectivity index (χ0v) is 35.2. The minimum atomic E-state index is -0.193. The molecule has 13 rings (SSSR count). The molecule has 0 saturated heterocycles. The Labute approximate surface area is 354 Å². The fraction of sp³-hybridized carbons (Fsp3) is 0.143. The van der Waals surface area contributed by atoms with E-state index in [4.69, 9.17) is 8.83 Å². The van der Waals surface area contributed by atoms with Gasteiger partial charge in [-0.1, -0.05) is 139 Å². The average Bonchev–Trinajstić information content (AvgIpc) is 3.94. The molecular weight excluding hydrogens is 743 g/mol. The maximum Gasteiger partial charge on any atom is 0.333 e. The van der Waals surface area contributed by atoms with Crippen molar-refractivity contribution in [1.82, 2.24) is 4.57 Å². The van der Waals surface area contributed by atoms with E-state index in [1.165, 1.54) is 77.2 Å². The molecular formula is C56H43BN2O2. The normalized spacial score (nSPS) is 13.7. The maximum absolute atomic E-state index is 7.25. The van der Waals surface area contributed by atoms with Crippen molar-refractivity contribution < 1.29 is 8.83 Å². The Bertz CT molecular complexity index is 3680. The van der Waals surface area contributed by atoms with E-state index < -0.39 is 0 Å². The minimum Gasteiger partial charge on any atom is -0.456 e. The van der Waals surface area contributed by atoms with Crippen LogP contribution in [0.15, 0.2) is 160 Å². The largest absolute Gasteiger partial charge is 0.456 e. The van der Waals surface area contributed by atoms with Gasteiger partial charge in [-0.25, -0.2) is 0 Å². The Morgan fingerprint density at radius 3 is 1.97 bits per heavy atom. The first-order valence-corrected chi connectivity index (χ1v) is 21.5. The maximum atomic E-state index is 7.25. The van der Waals surface area contributed by atoms with Crippen LogP contribution in [0.3, 0.4) is 0 Å².